The summed E-state index contributed by atoms with van der Waals surface area (Å²) in [5, 5.41) is 3.01. The Balaban J connectivity index is 1.22. The van der Waals surface area contributed by atoms with E-state index in [1.54, 1.807) is 0 Å². The van der Waals surface area contributed by atoms with Gasteiger partial charge in [0.2, 0.25) is 5.91 Å². The number of hydrogen-bond donors (Lipinski definition) is 1. The van der Waals surface area contributed by atoms with Crippen LogP contribution in [0, 0.1) is 11.3 Å². The number of carbonyl (C=O) groups excluding carboxylic acids is 2. The van der Waals surface area contributed by atoms with E-state index in [0.29, 0.717) is 36.6 Å². The van der Waals surface area contributed by atoms with E-state index >= 15 is 0 Å². The van der Waals surface area contributed by atoms with Crippen molar-refractivity contribution in [3.63, 3.8) is 0 Å². The number of rotatable bonds is 5. The fourth-order valence-electron chi connectivity index (χ4n) is 6.35. The molecule has 1 unspecified atom stereocenters. The highest BCUT2D eigenvalue weighted by atomic mass is 16.6. The van der Waals surface area contributed by atoms with Gasteiger partial charge in [-0.3, -0.25) is 4.79 Å². The van der Waals surface area contributed by atoms with Crippen LogP contribution in [0.4, 0.5) is 4.79 Å². The van der Waals surface area contributed by atoms with Crippen molar-refractivity contribution in [1.82, 2.24) is 20.0 Å². The van der Waals surface area contributed by atoms with Crippen molar-refractivity contribution in [2.45, 2.75) is 64.0 Å². The molecule has 1 N–H and O–H groups in total. The molecule has 7 nitrogen and oxygen atoms in total. The van der Waals surface area contributed by atoms with Crippen LogP contribution in [0.1, 0.15) is 51.9 Å². The Kier molecular flexibility index (Phi) is 6.35. The van der Waals surface area contributed by atoms with E-state index in [1.807, 2.05) is 18.9 Å². The Morgan fingerprint density at radius 2 is 1.86 bits per heavy atom. The molecule has 4 rings (SSSR count). The Morgan fingerprint density at radius 3 is 2.55 bits per heavy atom. The average molecular weight is 407 g/mol. The molecule has 7 heteroatoms. The molecule has 1 saturated carbocycles. The predicted molar refractivity (Wildman–Crippen MR) is 112 cm³/mol. The number of nitrogens with one attached hydrogen (secondary N) is 1. The number of piperidine rings is 1. The van der Waals surface area contributed by atoms with Crippen LogP contribution in [0.25, 0.3) is 0 Å². The second-order valence-corrected chi connectivity index (χ2v) is 9.63. The molecule has 1 atom stereocenters. The zero-order chi connectivity index (χ0) is 20.4. The average Bonchev–Trinajstić information content (AvgIpc) is 3.35. The quantitative estimate of drug-likeness (QED) is 0.756. The van der Waals surface area contributed by atoms with E-state index in [9.17, 15) is 9.59 Å². The normalized spacial score (nSPS) is 33.3. The highest BCUT2D eigenvalue weighted by Crippen LogP contribution is 2.51. The van der Waals surface area contributed by atoms with Gasteiger partial charge >= 0.3 is 6.09 Å². The van der Waals surface area contributed by atoms with Gasteiger partial charge in [-0.15, -0.1) is 0 Å². The summed E-state index contributed by atoms with van der Waals surface area (Å²) in [6, 6.07) is 1.14. The molecule has 0 aromatic rings. The number of likely N-dealkylation sites (tertiary alicyclic amines) is 3. The third-order valence-corrected chi connectivity index (χ3v) is 7.88. The van der Waals surface area contributed by atoms with Crippen LogP contribution in [0.5, 0.6) is 0 Å². The van der Waals surface area contributed by atoms with E-state index < -0.39 is 0 Å². The second-order valence-electron chi connectivity index (χ2n) is 9.63. The number of amides is 2. The van der Waals surface area contributed by atoms with Crippen molar-refractivity contribution in [3.8, 4) is 0 Å². The van der Waals surface area contributed by atoms with Gasteiger partial charge in [0.05, 0.1) is 13.2 Å². The fraction of sp³-hybridized carbons (Fsp3) is 0.909. The maximum Gasteiger partial charge on any atom is 0.409 e. The lowest BCUT2D eigenvalue weighted by Crippen LogP contribution is -2.55. The van der Waals surface area contributed by atoms with Crippen molar-refractivity contribution >= 4 is 12.0 Å². The maximum absolute atomic E-state index is 12.4. The summed E-state index contributed by atoms with van der Waals surface area (Å²) < 4.78 is 5.18. The van der Waals surface area contributed by atoms with Crippen LogP contribution in [-0.2, 0) is 9.53 Å². The summed E-state index contributed by atoms with van der Waals surface area (Å²) >= 11 is 0. The van der Waals surface area contributed by atoms with Gasteiger partial charge in [0.1, 0.15) is 0 Å². The third-order valence-electron chi connectivity index (χ3n) is 7.88. The molecular formula is C22H38N4O3. The first-order valence-electron chi connectivity index (χ1n) is 11.6. The van der Waals surface area contributed by atoms with E-state index in [1.165, 1.54) is 32.1 Å². The smallest absolute Gasteiger partial charge is 0.409 e. The summed E-state index contributed by atoms with van der Waals surface area (Å²) in [6.45, 7) is 7.78. The number of nitrogens with zero attached hydrogens (tertiary/aromatic N) is 3. The summed E-state index contributed by atoms with van der Waals surface area (Å²) in [5.41, 5.74) is 0.343. The SMILES string of the molecule is CCOC(=O)N1CCC2(CC(N3CCC(C4CCCN4C(=O)CNC)CC3)C2)C1. The molecule has 164 valence electrons. The molecule has 0 radical (unpaired) electrons. The molecule has 0 bridgehead atoms. The maximum atomic E-state index is 12.4. The van der Waals surface area contributed by atoms with Crippen LogP contribution >= 0.6 is 0 Å². The van der Waals surface area contributed by atoms with Crippen molar-refractivity contribution in [2.75, 3.05) is 52.9 Å². The molecule has 4 aliphatic rings. The molecule has 3 heterocycles. The third kappa shape index (κ3) is 4.26. The second kappa shape index (κ2) is 8.80. The molecule has 0 aromatic heterocycles. The first-order valence-corrected chi connectivity index (χ1v) is 11.6. The molecular weight excluding hydrogens is 368 g/mol. The molecule has 0 aromatic carbocycles. The number of ether oxygens (including phenoxy) is 1. The largest absolute Gasteiger partial charge is 0.450 e. The molecule has 29 heavy (non-hydrogen) atoms. The molecule has 3 saturated heterocycles. The van der Waals surface area contributed by atoms with Crippen LogP contribution < -0.4 is 5.32 Å². The molecule has 3 aliphatic heterocycles. The summed E-state index contributed by atoms with van der Waals surface area (Å²) in [7, 11) is 1.85. The van der Waals surface area contributed by atoms with Gasteiger partial charge in [-0.1, -0.05) is 0 Å². The van der Waals surface area contributed by atoms with E-state index in [4.69, 9.17) is 4.74 Å². The lowest BCUT2D eigenvalue weighted by molar-refractivity contribution is -0.132. The lowest BCUT2D eigenvalue weighted by atomic mass is 9.64. The minimum Gasteiger partial charge on any atom is -0.450 e. The zero-order valence-corrected chi connectivity index (χ0v) is 18.2. The summed E-state index contributed by atoms with van der Waals surface area (Å²) in [5.74, 6) is 0.931. The first-order chi connectivity index (χ1) is 14.0. The predicted octanol–water partition coefficient (Wildman–Crippen LogP) is 1.92. The van der Waals surface area contributed by atoms with Crippen molar-refractivity contribution in [2.24, 2.45) is 11.3 Å². The van der Waals surface area contributed by atoms with Gasteiger partial charge in [0, 0.05) is 31.7 Å². The fourth-order valence-corrected chi connectivity index (χ4v) is 6.35. The van der Waals surface area contributed by atoms with Crippen molar-refractivity contribution in [3.05, 3.63) is 0 Å². The van der Waals surface area contributed by atoms with Crippen molar-refractivity contribution < 1.29 is 14.3 Å². The van der Waals surface area contributed by atoms with E-state index in [-0.39, 0.29) is 12.0 Å². The minimum atomic E-state index is -0.137. The minimum absolute atomic E-state index is 0.137. The van der Waals surface area contributed by atoms with E-state index in [0.717, 1.165) is 45.6 Å². The van der Waals surface area contributed by atoms with Gasteiger partial charge in [0.25, 0.3) is 0 Å². The molecule has 4 fully saturated rings. The zero-order valence-electron chi connectivity index (χ0n) is 18.2. The van der Waals surface area contributed by atoms with Crippen LogP contribution in [0.15, 0.2) is 0 Å². The van der Waals surface area contributed by atoms with E-state index in [2.05, 4.69) is 15.1 Å². The summed E-state index contributed by atoms with van der Waals surface area (Å²) in [6.07, 6.45) is 8.21. The van der Waals surface area contributed by atoms with Gasteiger partial charge in [-0.05, 0) is 83.3 Å². The number of carbonyl (C=O) groups is 2. The topological polar surface area (TPSA) is 65.1 Å². The highest BCUT2D eigenvalue weighted by Gasteiger charge is 2.51. The lowest BCUT2D eigenvalue weighted by Gasteiger charge is -2.52. The van der Waals surface area contributed by atoms with Crippen LogP contribution in [-0.4, -0.2) is 91.7 Å². The Hall–Kier alpha value is -1.34. The standard InChI is InChI=1S/C22H38N4O3/c1-3-29-21(28)25-12-8-22(16-25)13-18(14-22)24-10-6-17(7-11-24)19-5-4-9-26(19)20(27)15-23-2/h17-19,23H,3-16H2,1-2H3. The Morgan fingerprint density at radius 1 is 1.10 bits per heavy atom. The van der Waals surface area contributed by atoms with Gasteiger partial charge in [-0.2, -0.15) is 0 Å². The number of hydrogen-bond acceptors (Lipinski definition) is 5. The van der Waals surface area contributed by atoms with Gasteiger partial charge in [0.15, 0.2) is 0 Å². The first kappa shape index (κ1) is 20.9. The molecule has 2 amide bonds. The van der Waals surface area contributed by atoms with Crippen LogP contribution in [0.3, 0.4) is 0 Å². The number of likely N-dealkylation sites (N-methyl/N-ethyl adjacent to an activating group) is 1. The molecule has 1 spiro atoms. The highest BCUT2D eigenvalue weighted by molar-refractivity contribution is 5.78. The van der Waals surface area contributed by atoms with Crippen molar-refractivity contribution in [1.29, 1.82) is 0 Å². The van der Waals surface area contributed by atoms with Crippen LogP contribution in [0.2, 0.25) is 0 Å². The Bertz CT molecular complexity index is 599. The Labute approximate surface area is 175 Å². The van der Waals surface area contributed by atoms with Gasteiger partial charge < -0.3 is 24.8 Å². The monoisotopic (exact) mass is 406 g/mol. The summed E-state index contributed by atoms with van der Waals surface area (Å²) in [4.78, 5) is 31.1. The molecule has 1 aliphatic carbocycles. The van der Waals surface area contributed by atoms with Gasteiger partial charge in [-0.25, -0.2) is 4.79 Å².